The summed E-state index contributed by atoms with van der Waals surface area (Å²) in [6.45, 7) is 3.71. The van der Waals surface area contributed by atoms with Gasteiger partial charge in [0.2, 0.25) is 5.91 Å². The van der Waals surface area contributed by atoms with E-state index in [9.17, 15) is 14.0 Å². The number of aromatic nitrogens is 1. The zero-order chi connectivity index (χ0) is 18.0. The Morgan fingerprint density at radius 1 is 1.24 bits per heavy atom. The van der Waals surface area contributed by atoms with Gasteiger partial charge in [0, 0.05) is 16.9 Å². The molecule has 25 heavy (non-hydrogen) atoms. The van der Waals surface area contributed by atoms with Crippen molar-refractivity contribution in [1.29, 1.82) is 0 Å². The zero-order valence-corrected chi connectivity index (χ0v) is 14.9. The van der Waals surface area contributed by atoms with Gasteiger partial charge in [-0.2, -0.15) is 0 Å². The summed E-state index contributed by atoms with van der Waals surface area (Å²) < 4.78 is 13.0. The summed E-state index contributed by atoms with van der Waals surface area (Å²) in [4.78, 5) is 29.3. The van der Waals surface area contributed by atoms with Gasteiger partial charge in [-0.1, -0.05) is 13.8 Å². The van der Waals surface area contributed by atoms with E-state index in [1.54, 1.807) is 0 Å². The predicted molar refractivity (Wildman–Crippen MR) is 95.2 cm³/mol. The molecule has 0 aliphatic heterocycles. The highest BCUT2D eigenvalue weighted by Crippen LogP contribution is 2.40. The number of thiazole rings is 1. The van der Waals surface area contributed by atoms with Crippen molar-refractivity contribution in [2.45, 2.75) is 38.6 Å². The Bertz CT molecular complexity index is 769. The first kappa shape index (κ1) is 17.5. The van der Waals surface area contributed by atoms with E-state index in [2.05, 4.69) is 15.6 Å². The summed E-state index contributed by atoms with van der Waals surface area (Å²) in [5, 5.41) is 8.02. The van der Waals surface area contributed by atoms with Crippen LogP contribution in [0.1, 0.15) is 48.7 Å². The van der Waals surface area contributed by atoms with Crippen LogP contribution in [0.15, 0.2) is 29.6 Å². The van der Waals surface area contributed by atoms with Crippen LogP contribution in [-0.4, -0.2) is 22.8 Å². The van der Waals surface area contributed by atoms with E-state index in [-0.39, 0.29) is 11.8 Å². The Labute approximate surface area is 149 Å². The quantitative estimate of drug-likeness (QED) is 0.826. The highest BCUT2D eigenvalue weighted by molar-refractivity contribution is 7.13. The van der Waals surface area contributed by atoms with Crippen LogP contribution in [0.3, 0.4) is 0 Å². The van der Waals surface area contributed by atoms with Crippen molar-refractivity contribution in [3.8, 4) is 0 Å². The number of hydrogen-bond acceptors (Lipinski definition) is 4. The minimum Gasteiger partial charge on any atom is -0.340 e. The van der Waals surface area contributed by atoms with Gasteiger partial charge in [0.25, 0.3) is 5.91 Å². The number of rotatable bonds is 6. The fourth-order valence-corrected chi connectivity index (χ4v) is 3.25. The average Bonchev–Trinajstić information content (AvgIpc) is 3.32. The second kappa shape index (κ2) is 7.31. The molecule has 0 spiro atoms. The van der Waals surface area contributed by atoms with E-state index >= 15 is 0 Å². The van der Waals surface area contributed by atoms with Crippen molar-refractivity contribution in [3.05, 3.63) is 46.7 Å². The summed E-state index contributed by atoms with van der Waals surface area (Å²) >= 11 is 1.39. The number of anilines is 1. The van der Waals surface area contributed by atoms with Crippen LogP contribution in [0, 0.1) is 11.7 Å². The fraction of sp³-hybridized carbons (Fsp3) is 0.389. The van der Waals surface area contributed by atoms with E-state index < -0.39 is 17.8 Å². The van der Waals surface area contributed by atoms with Gasteiger partial charge in [-0.05, 0) is 43.0 Å². The maximum atomic E-state index is 13.0. The molecule has 0 bridgehead atoms. The molecule has 1 fully saturated rings. The average molecular weight is 361 g/mol. The van der Waals surface area contributed by atoms with E-state index in [1.807, 2.05) is 19.2 Å². The van der Waals surface area contributed by atoms with Crippen molar-refractivity contribution in [3.63, 3.8) is 0 Å². The first-order valence-corrected chi connectivity index (χ1v) is 9.14. The number of nitrogens with zero attached hydrogens (tertiary/aromatic N) is 1. The molecular formula is C18H20FN3O2S. The Hall–Kier alpha value is -2.28. The van der Waals surface area contributed by atoms with E-state index in [1.165, 1.54) is 35.6 Å². The normalized spacial score (nSPS) is 15.0. The molecule has 0 radical (unpaired) electrons. The lowest BCUT2D eigenvalue weighted by atomic mass is 10.0. The number of amides is 2. The fourth-order valence-electron chi connectivity index (χ4n) is 2.45. The Morgan fingerprint density at radius 3 is 2.52 bits per heavy atom. The summed E-state index contributed by atoms with van der Waals surface area (Å²) in [5.41, 5.74) is 1.34. The van der Waals surface area contributed by atoms with E-state index in [4.69, 9.17) is 0 Å². The Kier molecular flexibility index (Phi) is 5.13. The molecule has 1 aromatic carbocycles. The first-order valence-electron chi connectivity index (χ1n) is 8.26. The minimum absolute atomic E-state index is 0.104. The maximum Gasteiger partial charge on any atom is 0.251 e. The van der Waals surface area contributed by atoms with Gasteiger partial charge in [0.05, 0.1) is 5.69 Å². The van der Waals surface area contributed by atoms with Crippen molar-refractivity contribution < 1.29 is 14.0 Å². The molecule has 2 aromatic rings. The lowest BCUT2D eigenvalue weighted by Crippen LogP contribution is -2.47. The number of benzene rings is 1. The molecule has 1 unspecified atom stereocenters. The van der Waals surface area contributed by atoms with Crippen molar-refractivity contribution in [2.24, 2.45) is 5.92 Å². The predicted octanol–water partition coefficient (Wildman–Crippen LogP) is 3.55. The smallest absolute Gasteiger partial charge is 0.251 e. The third kappa shape index (κ3) is 4.42. The molecule has 7 heteroatoms. The molecule has 1 saturated carbocycles. The largest absolute Gasteiger partial charge is 0.340 e. The van der Waals surface area contributed by atoms with Crippen LogP contribution in [-0.2, 0) is 4.79 Å². The molecule has 5 nitrogen and oxygen atoms in total. The van der Waals surface area contributed by atoms with Crippen LogP contribution in [0.4, 0.5) is 9.52 Å². The Balaban J connectivity index is 1.65. The molecule has 2 amide bonds. The standard InChI is InChI=1S/C18H20FN3O2S/c1-10(2)15(21-16(23)12-5-7-13(19)8-6-12)17(24)22-18-20-14(9-25-18)11-3-4-11/h5-11,15H,3-4H2,1-2H3,(H,21,23)(H,20,22,24). The summed E-state index contributed by atoms with van der Waals surface area (Å²) in [6.07, 6.45) is 2.30. The van der Waals surface area contributed by atoms with Gasteiger partial charge < -0.3 is 10.6 Å². The summed E-state index contributed by atoms with van der Waals surface area (Å²) in [6, 6.07) is 4.51. The third-order valence-corrected chi connectivity index (χ3v) is 4.87. The molecule has 3 rings (SSSR count). The highest BCUT2D eigenvalue weighted by Gasteiger charge is 2.28. The topological polar surface area (TPSA) is 71.1 Å². The number of carbonyl (C=O) groups excluding carboxylic acids is 2. The second-order valence-corrected chi connectivity index (χ2v) is 7.40. The van der Waals surface area contributed by atoms with Gasteiger partial charge in [0.1, 0.15) is 11.9 Å². The molecule has 1 heterocycles. The van der Waals surface area contributed by atoms with Gasteiger partial charge in [0.15, 0.2) is 5.13 Å². The number of hydrogen-bond donors (Lipinski definition) is 2. The number of halogens is 1. The molecule has 2 N–H and O–H groups in total. The minimum atomic E-state index is -0.703. The van der Waals surface area contributed by atoms with Crippen LogP contribution >= 0.6 is 11.3 Å². The van der Waals surface area contributed by atoms with Crippen LogP contribution in [0.5, 0.6) is 0 Å². The monoisotopic (exact) mass is 361 g/mol. The number of carbonyl (C=O) groups is 2. The second-order valence-electron chi connectivity index (χ2n) is 6.54. The molecule has 1 aliphatic rings. The molecular weight excluding hydrogens is 341 g/mol. The van der Waals surface area contributed by atoms with Gasteiger partial charge >= 0.3 is 0 Å². The molecule has 132 valence electrons. The van der Waals surface area contributed by atoms with Gasteiger partial charge in [-0.3, -0.25) is 9.59 Å². The maximum absolute atomic E-state index is 13.0. The molecule has 1 aromatic heterocycles. The summed E-state index contributed by atoms with van der Waals surface area (Å²) in [5.74, 6) is -0.702. The van der Waals surface area contributed by atoms with E-state index in [0.717, 1.165) is 18.5 Å². The van der Waals surface area contributed by atoms with Crippen molar-refractivity contribution in [2.75, 3.05) is 5.32 Å². The van der Waals surface area contributed by atoms with Crippen LogP contribution in [0.2, 0.25) is 0 Å². The summed E-state index contributed by atoms with van der Waals surface area (Å²) in [7, 11) is 0. The highest BCUT2D eigenvalue weighted by atomic mass is 32.1. The lowest BCUT2D eigenvalue weighted by Gasteiger charge is -2.21. The molecule has 1 aliphatic carbocycles. The van der Waals surface area contributed by atoms with Crippen molar-refractivity contribution >= 4 is 28.3 Å². The zero-order valence-electron chi connectivity index (χ0n) is 14.1. The SMILES string of the molecule is CC(C)C(NC(=O)c1ccc(F)cc1)C(=O)Nc1nc(C2CC2)cs1. The van der Waals surface area contributed by atoms with Crippen LogP contribution < -0.4 is 10.6 Å². The number of nitrogens with one attached hydrogen (secondary N) is 2. The van der Waals surface area contributed by atoms with Gasteiger partial charge in [-0.15, -0.1) is 11.3 Å². The molecule has 0 saturated heterocycles. The third-order valence-electron chi connectivity index (χ3n) is 4.09. The first-order chi connectivity index (χ1) is 11.9. The molecule has 1 atom stereocenters. The lowest BCUT2D eigenvalue weighted by molar-refractivity contribution is -0.118. The van der Waals surface area contributed by atoms with Crippen molar-refractivity contribution in [1.82, 2.24) is 10.3 Å². The van der Waals surface area contributed by atoms with E-state index in [0.29, 0.717) is 16.6 Å². The Morgan fingerprint density at radius 2 is 1.92 bits per heavy atom. The van der Waals surface area contributed by atoms with Gasteiger partial charge in [-0.25, -0.2) is 9.37 Å². The van der Waals surface area contributed by atoms with Crippen LogP contribution in [0.25, 0.3) is 0 Å².